The molecule has 0 unspecified atom stereocenters. The van der Waals surface area contributed by atoms with E-state index in [0.29, 0.717) is 17.5 Å². The normalized spacial score (nSPS) is 40.4. The van der Waals surface area contributed by atoms with Gasteiger partial charge in [-0.1, -0.05) is 6.07 Å². The Balaban J connectivity index is 1.59. The minimum Gasteiger partial charge on any atom is -0.482 e. The fraction of sp³-hybridized carbons (Fsp3) is 0.680. The SMILES string of the molecule is CCOC(=O)Oc1ccc2c3c1O[C@H]1[C@@]4(OC)CC[C@@]5(C[C@@H]4C(C)=O)[C@@H](C2)N(C)CC[C@]315. The third-order valence-electron chi connectivity index (χ3n) is 9.56. The van der Waals surface area contributed by atoms with Gasteiger partial charge >= 0.3 is 6.16 Å². The number of ketones is 1. The monoisotopic (exact) mass is 441 g/mol. The number of carbonyl (C=O) groups is 2. The number of carbonyl (C=O) groups excluding carboxylic acids is 2. The average Bonchev–Trinajstić information content (AvgIpc) is 3.14. The average molecular weight is 442 g/mol. The Labute approximate surface area is 188 Å². The number of methoxy groups -OCH3 is 1. The first-order valence-corrected chi connectivity index (χ1v) is 11.8. The molecular weight excluding hydrogens is 410 g/mol. The molecule has 172 valence electrons. The predicted molar refractivity (Wildman–Crippen MR) is 115 cm³/mol. The molecule has 6 aliphatic rings. The molecule has 0 radical (unpaired) electrons. The molecule has 32 heavy (non-hydrogen) atoms. The number of piperidine rings is 1. The molecule has 4 fully saturated rings. The highest BCUT2D eigenvalue weighted by Crippen LogP contribution is 2.76. The van der Waals surface area contributed by atoms with E-state index in [1.165, 1.54) is 11.1 Å². The molecule has 7 heteroatoms. The molecule has 4 aliphatic carbocycles. The van der Waals surface area contributed by atoms with Gasteiger partial charge in [-0.05, 0) is 71.2 Å². The molecule has 1 aromatic rings. The molecule has 3 saturated carbocycles. The van der Waals surface area contributed by atoms with Gasteiger partial charge in [-0.3, -0.25) is 4.79 Å². The second-order valence-electron chi connectivity index (χ2n) is 10.3. The lowest BCUT2D eigenvalue weighted by Gasteiger charge is -2.73. The summed E-state index contributed by atoms with van der Waals surface area (Å²) in [6, 6.07) is 4.27. The number of Topliss-reactive ketones (excluding diaryl/α,β-unsaturated/α-hetero) is 1. The summed E-state index contributed by atoms with van der Waals surface area (Å²) in [7, 11) is 3.94. The van der Waals surface area contributed by atoms with Gasteiger partial charge < -0.3 is 23.8 Å². The number of nitrogens with zero attached hydrogens (tertiary/aromatic N) is 1. The fourth-order valence-corrected chi connectivity index (χ4v) is 8.46. The number of benzene rings is 1. The van der Waals surface area contributed by atoms with Gasteiger partial charge in [0.1, 0.15) is 17.5 Å². The van der Waals surface area contributed by atoms with E-state index in [-0.39, 0.29) is 35.2 Å². The van der Waals surface area contributed by atoms with Crippen LogP contribution in [0, 0.1) is 11.3 Å². The Morgan fingerprint density at radius 1 is 1.25 bits per heavy atom. The number of fused-ring (bicyclic) bond motifs is 2. The van der Waals surface area contributed by atoms with Crippen molar-refractivity contribution in [1.29, 1.82) is 0 Å². The summed E-state index contributed by atoms with van der Waals surface area (Å²) >= 11 is 0. The largest absolute Gasteiger partial charge is 0.513 e. The van der Waals surface area contributed by atoms with Crippen LogP contribution in [0.1, 0.15) is 50.7 Å². The van der Waals surface area contributed by atoms with E-state index >= 15 is 0 Å². The van der Waals surface area contributed by atoms with Crippen molar-refractivity contribution in [3.63, 3.8) is 0 Å². The molecule has 0 N–H and O–H groups in total. The number of hydrogen-bond donors (Lipinski definition) is 0. The number of rotatable bonds is 4. The van der Waals surface area contributed by atoms with Crippen LogP contribution >= 0.6 is 0 Å². The van der Waals surface area contributed by atoms with Gasteiger partial charge in [-0.2, -0.15) is 0 Å². The minimum absolute atomic E-state index is 0.0535. The van der Waals surface area contributed by atoms with E-state index in [1.807, 2.05) is 6.07 Å². The maximum Gasteiger partial charge on any atom is 0.513 e. The molecule has 4 bridgehead atoms. The van der Waals surface area contributed by atoms with Crippen molar-refractivity contribution in [2.45, 2.75) is 69.1 Å². The smallest absolute Gasteiger partial charge is 0.482 e. The molecule has 1 saturated heterocycles. The molecule has 0 amide bonds. The quantitative estimate of drug-likeness (QED) is 0.524. The number of ether oxygens (including phenoxy) is 4. The summed E-state index contributed by atoms with van der Waals surface area (Å²) < 4.78 is 23.7. The predicted octanol–water partition coefficient (Wildman–Crippen LogP) is 3.26. The van der Waals surface area contributed by atoms with Crippen molar-refractivity contribution in [3.05, 3.63) is 23.3 Å². The van der Waals surface area contributed by atoms with Crippen LogP contribution in [0.5, 0.6) is 11.5 Å². The summed E-state index contributed by atoms with van der Waals surface area (Å²) in [6.07, 6.45) is 3.52. The Kier molecular flexibility index (Phi) is 4.14. The summed E-state index contributed by atoms with van der Waals surface area (Å²) in [5.41, 5.74) is 1.50. The zero-order valence-electron chi connectivity index (χ0n) is 19.2. The van der Waals surface area contributed by atoms with Crippen LogP contribution in [0.15, 0.2) is 12.1 Å². The lowest BCUT2D eigenvalue weighted by molar-refractivity contribution is -0.270. The molecule has 6 atom stereocenters. The van der Waals surface area contributed by atoms with E-state index in [4.69, 9.17) is 18.9 Å². The van der Waals surface area contributed by atoms with Gasteiger partial charge in [0.25, 0.3) is 0 Å². The summed E-state index contributed by atoms with van der Waals surface area (Å²) in [4.78, 5) is 27.6. The highest BCUT2D eigenvalue weighted by atomic mass is 16.7. The van der Waals surface area contributed by atoms with E-state index in [2.05, 4.69) is 18.0 Å². The van der Waals surface area contributed by atoms with Gasteiger partial charge in [0.05, 0.1) is 12.5 Å². The molecule has 1 aromatic carbocycles. The van der Waals surface area contributed by atoms with E-state index < -0.39 is 11.8 Å². The minimum atomic E-state index is -0.725. The Morgan fingerprint density at radius 2 is 2.06 bits per heavy atom. The van der Waals surface area contributed by atoms with Crippen molar-refractivity contribution >= 4 is 11.9 Å². The molecule has 7 nitrogen and oxygen atoms in total. The van der Waals surface area contributed by atoms with Gasteiger partial charge in [-0.25, -0.2) is 4.79 Å². The van der Waals surface area contributed by atoms with Crippen molar-refractivity contribution in [2.75, 3.05) is 27.3 Å². The lowest BCUT2D eigenvalue weighted by Crippen LogP contribution is -2.81. The maximum atomic E-state index is 12.9. The van der Waals surface area contributed by atoms with Crippen LogP contribution in [0.25, 0.3) is 0 Å². The topological polar surface area (TPSA) is 74.3 Å². The standard InChI is InChI=1S/C25H31NO6/c1-5-30-22(28)31-17-7-6-15-12-18-23-8-9-25(29-4,16(13-23)14(2)27)21-24(23,10-11-26(18)3)19(15)20(17)32-21/h6-7,16,18,21H,5,8-13H2,1-4H3/t16-,18-,21-,23-,24+,25-/m1/s1. The van der Waals surface area contributed by atoms with Gasteiger partial charge in [0, 0.05) is 29.5 Å². The number of likely N-dealkylation sites (N-methyl/N-ethyl adjacent to an activating group) is 1. The molecule has 2 spiro atoms. The fourth-order valence-electron chi connectivity index (χ4n) is 8.46. The lowest BCUT2D eigenvalue weighted by atomic mass is 9.34. The van der Waals surface area contributed by atoms with Gasteiger partial charge in [-0.15, -0.1) is 0 Å². The van der Waals surface area contributed by atoms with Crippen LogP contribution < -0.4 is 9.47 Å². The highest BCUT2D eigenvalue weighted by Gasteiger charge is 2.81. The molecular formula is C25H31NO6. The van der Waals surface area contributed by atoms with E-state index in [1.54, 1.807) is 21.0 Å². The van der Waals surface area contributed by atoms with Crippen molar-refractivity contribution in [1.82, 2.24) is 4.90 Å². The third-order valence-corrected chi connectivity index (χ3v) is 9.56. The van der Waals surface area contributed by atoms with Crippen molar-refractivity contribution in [3.8, 4) is 11.5 Å². The second-order valence-corrected chi connectivity index (χ2v) is 10.3. The van der Waals surface area contributed by atoms with Crippen LogP contribution in [0.4, 0.5) is 4.79 Å². The third kappa shape index (κ3) is 2.10. The first-order valence-electron chi connectivity index (χ1n) is 11.8. The second kappa shape index (κ2) is 6.48. The summed E-state index contributed by atoms with van der Waals surface area (Å²) in [5, 5.41) is 0. The van der Waals surface area contributed by atoms with Crippen LogP contribution in [-0.2, 0) is 26.1 Å². The maximum absolute atomic E-state index is 12.9. The zero-order valence-corrected chi connectivity index (χ0v) is 19.2. The summed E-state index contributed by atoms with van der Waals surface area (Å²) in [6.45, 7) is 4.66. The van der Waals surface area contributed by atoms with Crippen LogP contribution in [0.2, 0.25) is 0 Å². The van der Waals surface area contributed by atoms with Crippen molar-refractivity contribution in [2.24, 2.45) is 11.3 Å². The number of likely N-dealkylation sites (tertiary alicyclic amines) is 1. The molecule has 2 aliphatic heterocycles. The van der Waals surface area contributed by atoms with Crippen molar-refractivity contribution < 1.29 is 28.5 Å². The molecule has 7 rings (SSSR count). The number of hydrogen-bond acceptors (Lipinski definition) is 7. The van der Waals surface area contributed by atoms with Crippen LogP contribution in [-0.4, -0.2) is 61.9 Å². The van der Waals surface area contributed by atoms with Gasteiger partial charge in [0.2, 0.25) is 0 Å². The van der Waals surface area contributed by atoms with Gasteiger partial charge in [0.15, 0.2) is 11.5 Å². The zero-order chi connectivity index (χ0) is 22.5. The molecule has 2 heterocycles. The van der Waals surface area contributed by atoms with E-state index in [9.17, 15) is 9.59 Å². The first kappa shape index (κ1) is 20.5. The molecule has 0 aromatic heterocycles. The Bertz CT molecular complexity index is 1020. The van der Waals surface area contributed by atoms with Crippen LogP contribution in [0.3, 0.4) is 0 Å². The Morgan fingerprint density at radius 3 is 2.78 bits per heavy atom. The highest BCUT2D eigenvalue weighted by molar-refractivity contribution is 5.81. The Hall–Kier alpha value is -2.12. The first-order chi connectivity index (χ1) is 15.3. The summed E-state index contributed by atoms with van der Waals surface area (Å²) in [5.74, 6) is 1.04. The van der Waals surface area contributed by atoms with E-state index in [0.717, 1.165) is 38.6 Å².